The zero-order valence-corrected chi connectivity index (χ0v) is 12.4. The van der Waals surface area contributed by atoms with E-state index in [4.69, 9.17) is 4.74 Å². The number of allylic oxidation sites excluding steroid dienone is 3. The van der Waals surface area contributed by atoms with Crippen molar-refractivity contribution >= 4 is 0 Å². The molecule has 2 aliphatic heterocycles. The molecule has 0 N–H and O–H groups in total. The van der Waals surface area contributed by atoms with Gasteiger partial charge in [-0.2, -0.15) is 0 Å². The Hall–Kier alpha value is -1.13. The van der Waals surface area contributed by atoms with E-state index >= 15 is 0 Å². The van der Waals surface area contributed by atoms with Crippen LogP contribution in [0.5, 0.6) is 0 Å². The Balaban J connectivity index is 1.85. The van der Waals surface area contributed by atoms with Gasteiger partial charge < -0.3 is 9.64 Å². The minimum Gasteiger partial charge on any atom is -0.381 e. The number of halogens is 1. The Labute approximate surface area is 121 Å². The van der Waals surface area contributed by atoms with Gasteiger partial charge in [0.15, 0.2) is 0 Å². The van der Waals surface area contributed by atoms with Crippen LogP contribution in [-0.4, -0.2) is 55.2 Å². The zero-order chi connectivity index (χ0) is 14.4. The maximum Gasteiger partial charge on any atom is 0.110 e. The Morgan fingerprint density at radius 2 is 1.80 bits per heavy atom. The van der Waals surface area contributed by atoms with Crippen molar-refractivity contribution in [1.82, 2.24) is 9.80 Å². The molecule has 0 aromatic carbocycles. The van der Waals surface area contributed by atoms with Gasteiger partial charge in [0, 0.05) is 45.4 Å². The van der Waals surface area contributed by atoms with Gasteiger partial charge in [0.25, 0.3) is 0 Å². The molecule has 0 aliphatic carbocycles. The number of rotatable bonds is 4. The molecule has 112 valence electrons. The summed E-state index contributed by atoms with van der Waals surface area (Å²) in [5.41, 5.74) is 1.59. The summed E-state index contributed by atoms with van der Waals surface area (Å²) in [4.78, 5) is 4.63. The quantitative estimate of drug-likeness (QED) is 0.736. The molecule has 0 aromatic heterocycles. The summed E-state index contributed by atoms with van der Waals surface area (Å²) in [6.45, 7) is 11.2. The van der Waals surface area contributed by atoms with Gasteiger partial charge in [0.1, 0.15) is 6.33 Å². The highest BCUT2D eigenvalue weighted by Gasteiger charge is 2.25. The lowest BCUT2D eigenvalue weighted by Gasteiger charge is -2.41. The summed E-state index contributed by atoms with van der Waals surface area (Å²) >= 11 is 0. The first-order valence-corrected chi connectivity index (χ1v) is 7.41. The fourth-order valence-corrected chi connectivity index (χ4v) is 2.83. The van der Waals surface area contributed by atoms with Gasteiger partial charge in [-0.15, -0.1) is 0 Å². The molecule has 0 saturated carbocycles. The topological polar surface area (TPSA) is 15.7 Å². The molecular formula is C16H25FN2O. The van der Waals surface area contributed by atoms with Crippen molar-refractivity contribution in [2.45, 2.75) is 25.8 Å². The van der Waals surface area contributed by atoms with E-state index in [1.165, 1.54) is 0 Å². The van der Waals surface area contributed by atoms with Crippen LogP contribution in [0.3, 0.4) is 0 Å². The Kier molecular flexibility index (Phi) is 5.80. The molecule has 4 heteroatoms. The monoisotopic (exact) mass is 280 g/mol. The van der Waals surface area contributed by atoms with Gasteiger partial charge in [-0.1, -0.05) is 18.2 Å². The highest BCUT2D eigenvalue weighted by molar-refractivity contribution is 5.23. The van der Waals surface area contributed by atoms with E-state index in [-0.39, 0.29) is 0 Å². The Morgan fingerprint density at radius 3 is 2.35 bits per heavy atom. The molecular weight excluding hydrogens is 255 g/mol. The molecule has 0 bridgehead atoms. The van der Waals surface area contributed by atoms with Crippen LogP contribution < -0.4 is 0 Å². The van der Waals surface area contributed by atoms with Gasteiger partial charge in [-0.25, -0.2) is 4.39 Å². The standard InChI is InChI=1S/C16H25FN2O/c1-14(2)3-4-16(13-17)19-9-7-18(8-10-19)15-5-11-20-12-6-15/h3-4,13,15H,1,5-12H2,2H3/b4-3-,16-13-. The molecule has 3 nitrogen and oxygen atoms in total. The van der Waals surface area contributed by atoms with Crippen LogP contribution in [0.1, 0.15) is 19.8 Å². The lowest BCUT2D eigenvalue weighted by Crippen LogP contribution is -2.51. The third-order valence-corrected chi connectivity index (χ3v) is 4.04. The average molecular weight is 280 g/mol. The molecule has 0 spiro atoms. The second-order valence-corrected chi connectivity index (χ2v) is 5.58. The van der Waals surface area contributed by atoms with Crippen LogP contribution in [0.15, 0.2) is 36.3 Å². The Bertz CT molecular complexity index is 378. The van der Waals surface area contributed by atoms with E-state index < -0.39 is 0 Å². The first-order chi connectivity index (χ1) is 9.70. The van der Waals surface area contributed by atoms with Gasteiger partial charge in [-0.3, -0.25) is 4.90 Å². The van der Waals surface area contributed by atoms with E-state index in [0.717, 1.165) is 57.8 Å². The first kappa shape index (κ1) is 15.3. The van der Waals surface area contributed by atoms with Crippen LogP contribution in [0.25, 0.3) is 0 Å². The van der Waals surface area contributed by atoms with E-state index in [2.05, 4.69) is 16.4 Å². The average Bonchev–Trinajstić information content (AvgIpc) is 2.49. The normalized spacial score (nSPS) is 23.5. The van der Waals surface area contributed by atoms with E-state index in [1.54, 1.807) is 0 Å². The van der Waals surface area contributed by atoms with Crippen molar-refractivity contribution in [3.05, 3.63) is 36.3 Å². The maximum atomic E-state index is 13.0. The van der Waals surface area contributed by atoms with Gasteiger partial charge in [0.05, 0.1) is 5.70 Å². The summed E-state index contributed by atoms with van der Waals surface area (Å²) in [5.74, 6) is 0. The molecule has 2 aliphatic rings. The second kappa shape index (κ2) is 7.60. The molecule has 2 saturated heterocycles. The van der Waals surface area contributed by atoms with Crippen LogP contribution in [0, 0.1) is 0 Å². The number of nitrogens with zero attached hydrogens (tertiary/aromatic N) is 2. The van der Waals surface area contributed by atoms with Crippen molar-refractivity contribution in [2.75, 3.05) is 39.4 Å². The van der Waals surface area contributed by atoms with Crippen molar-refractivity contribution in [3.63, 3.8) is 0 Å². The predicted octanol–water partition coefficient (Wildman–Crippen LogP) is 2.73. The van der Waals surface area contributed by atoms with Crippen LogP contribution >= 0.6 is 0 Å². The van der Waals surface area contributed by atoms with E-state index in [0.29, 0.717) is 18.1 Å². The fraction of sp³-hybridized carbons (Fsp3) is 0.625. The highest BCUT2D eigenvalue weighted by Crippen LogP contribution is 2.19. The maximum absolute atomic E-state index is 13.0. The molecule has 2 rings (SSSR count). The highest BCUT2D eigenvalue weighted by atomic mass is 19.1. The lowest BCUT2D eigenvalue weighted by atomic mass is 10.1. The van der Waals surface area contributed by atoms with Crippen LogP contribution in [0.4, 0.5) is 4.39 Å². The molecule has 2 heterocycles. The molecule has 0 amide bonds. The molecule has 0 atom stereocenters. The molecule has 0 aromatic rings. The van der Waals surface area contributed by atoms with Gasteiger partial charge >= 0.3 is 0 Å². The van der Waals surface area contributed by atoms with E-state index in [1.807, 2.05) is 19.1 Å². The third kappa shape index (κ3) is 4.18. The minimum atomic E-state index is 0.648. The number of hydrogen-bond acceptors (Lipinski definition) is 3. The van der Waals surface area contributed by atoms with Gasteiger partial charge in [0.2, 0.25) is 0 Å². The first-order valence-electron chi connectivity index (χ1n) is 7.41. The fourth-order valence-electron chi connectivity index (χ4n) is 2.83. The number of hydrogen-bond donors (Lipinski definition) is 0. The largest absolute Gasteiger partial charge is 0.381 e. The number of piperazine rings is 1. The molecule has 0 radical (unpaired) electrons. The number of ether oxygens (including phenoxy) is 1. The predicted molar refractivity (Wildman–Crippen MR) is 80.1 cm³/mol. The van der Waals surface area contributed by atoms with Crippen LogP contribution in [0.2, 0.25) is 0 Å². The van der Waals surface area contributed by atoms with Crippen molar-refractivity contribution in [1.29, 1.82) is 0 Å². The summed E-state index contributed by atoms with van der Waals surface area (Å²) in [6, 6.07) is 0.648. The molecule has 0 unspecified atom stereocenters. The van der Waals surface area contributed by atoms with Crippen molar-refractivity contribution < 1.29 is 9.13 Å². The zero-order valence-electron chi connectivity index (χ0n) is 12.4. The Morgan fingerprint density at radius 1 is 1.15 bits per heavy atom. The minimum absolute atomic E-state index is 0.648. The third-order valence-electron chi connectivity index (χ3n) is 4.04. The molecule has 2 fully saturated rings. The van der Waals surface area contributed by atoms with E-state index in [9.17, 15) is 4.39 Å². The van der Waals surface area contributed by atoms with Crippen molar-refractivity contribution in [3.8, 4) is 0 Å². The van der Waals surface area contributed by atoms with Crippen molar-refractivity contribution in [2.24, 2.45) is 0 Å². The summed E-state index contributed by atoms with van der Waals surface area (Å²) in [5, 5.41) is 0. The second-order valence-electron chi connectivity index (χ2n) is 5.58. The summed E-state index contributed by atoms with van der Waals surface area (Å²) in [6.07, 6.45) is 6.62. The van der Waals surface area contributed by atoms with Gasteiger partial charge in [-0.05, 0) is 25.8 Å². The SMILES string of the molecule is C=C(C)/C=C\C(=C\F)N1CCN(C2CCOCC2)CC1. The lowest BCUT2D eigenvalue weighted by molar-refractivity contribution is 0.0186. The van der Waals surface area contributed by atoms with Crippen LogP contribution in [-0.2, 0) is 4.74 Å². The molecule has 20 heavy (non-hydrogen) atoms. The smallest absolute Gasteiger partial charge is 0.110 e. The summed E-state index contributed by atoms with van der Waals surface area (Å²) in [7, 11) is 0. The summed E-state index contributed by atoms with van der Waals surface area (Å²) < 4.78 is 18.4.